The molecule has 0 aliphatic carbocycles. The summed E-state index contributed by atoms with van der Waals surface area (Å²) in [5.41, 5.74) is 1.08. The van der Waals surface area contributed by atoms with Crippen LogP contribution in [-0.2, 0) is 16.0 Å². The minimum absolute atomic E-state index is 0.134. The highest BCUT2D eigenvalue weighted by Gasteiger charge is 2.25. The Labute approximate surface area is 138 Å². The number of ether oxygens (including phenoxy) is 1. The van der Waals surface area contributed by atoms with E-state index in [0.717, 1.165) is 5.56 Å². The monoisotopic (exact) mass is 321 g/mol. The quantitative estimate of drug-likeness (QED) is 0.768. The van der Waals surface area contributed by atoms with Crippen LogP contribution in [-0.4, -0.2) is 29.3 Å². The van der Waals surface area contributed by atoms with Gasteiger partial charge < -0.3 is 15.2 Å². The molecule has 0 bridgehead atoms. The maximum atomic E-state index is 12.0. The first-order valence-corrected chi connectivity index (χ1v) is 8.03. The van der Waals surface area contributed by atoms with Crippen molar-refractivity contribution in [3.8, 4) is 0 Å². The summed E-state index contributed by atoms with van der Waals surface area (Å²) in [7, 11) is 0. The molecule has 2 N–H and O–H groups in total. The normalized spacial score (nSPS) is 13.7. The van der Waals surface area contributed by atoms with E-state index < -0.39 is 18.1 Å². The Kier molecular flexibility index (Phi) is 7.59. The molecule has 0 aliphatic heterocycles. The van der Waals surface area contributed by atoms with Crippen LogP contribution in [0, 0.1) is 11.8 Å². The highest BCUT2D eigenvalue weighted by atomic mass is 16.6. The van der Waals surface area contributed by atoms with Crippen molar-refractivity contribution in [3.63, 3.8) is 0 Å². The van der Waals surface area contributed by atoms with Crippen molar-refractivity contribution in [2.24, 2.45) is 11.8 Å². The fourth-order valence-corrected chi connectivity index (χ4v) is 2.27. The van der Waals surface area contributed by atoms with Crippen molar-refractivity contribution in [3.05, 3.63) is 35.9 Å². The molecule has 0 aromatic heterocycles. The van der Waals surface area contributed by atoms with Crippen molar-refractivity contribution in [1.82, 2.24) is 5.32 Å². The second kappa shape index (κ2) is 9.18. The van der Waals surface area contributed by atoms with Crippen LogP contribution in [0.15, 0.2) is 30.3 Å². The van der Waals surface area contributed by atoms with E-state index in [4.69, 9.17) is 4.74 Å². The van der Waals surface area contributed by atoms with Gasteiger partial charge in [-0.1, -0.05) is 58.0 Å². The first kappa shape index (κ1) is 19.0. The summed E-state index contributed by atoms with van der Waals surface area (Å²) in [6.45, 7) is 7.78. The third-order valence-corrected chi connectivity index (χ3v) is 3.58. The van der Waals surface area contributed by atoms with Gasteiger partial charge in [-0.05, 0) is 23.8 Å². The minimum atomic E-state index is -1.04. The Morgan fingerprint density at radius 2 is 1.74 bits per heavy atom. The summed E-state index contributed by atoms with van der Waals surface area (Å²) in [4.78, 5) is 23.3. The van der Waals surface area contributed by atoms with Gasteiger partial charge >= 0.3 is 12.1 Å². The molecule has 5 heteroatoms. The molecule has 0 spiro atoms. The van der Waals surface area contributed by atoms with Crippen molar-refractivity contribution >= 4 is 12.1 Å². The molecule has 0 heterocycles. The van der Waals surface area contributed by atoms with Gasteiger partial charge in [-0.15, -0.1) is 0 Å². The van der Waals surface area contributed by atoms with Gasteiger partial charge in [-0.3, -0.25) is 0 Å². The van der Waals surface area contributed by atoms with E-state index in [1.807, 2.05) is 58.0 Å². The zero-order valence-electron chi connectivity index (χ0n) is 14.3. The second-order valence-corrected chi connectivity index (χ2v) is 6.54. The summed E-state index contributed by atoms with van der Waals surface area (Å²) in [6.07, 6.45) is 0.00196. The van der Waals surface area contributed by atoms with Crippen LogP contribution >= 0.6 is 0 Å². The Balaban J connectivity index is 2.64. The summed E-state index contributed by atoms with van der Waals surface area (Å²) < 4.78 is 5.46. The van der Waals surface area contributed by atoms with Crippen molar-refractivity contribution in [2.75, 3.05) is 0 Å². The number of rotatable bonds is 8. The number of carbonyl (C=O) groups excluding carboxylic acids is 1. The maximum absolute atomic E-state index is 12.0. The standard InChI is InChI=1S/C18H27NO4/c1-12(2)10-15(17(20)21)19-18(22)23-16(13(3)4)11-14-8-6-5-7-9-14/h5-9,12-13,15-16H,10-11H2,1-4H3,(H,19,22)(H,20,21)/t15-,16?/m0/s1. The highest BCUT2D eigenvalue weighted by molar-refractivity contribution is 5.79. The zero-order valence-corrected chi connectivity index (χ0v) is 14.3. The van der Waals surface area contributed by atoms with E-state index in [1.165, 1.54) is 0 Å². The van der Waals surface area contributed by atoms with Crippen molar-refractivity contribution < 1.29 is 19.4 Å². The number of aliphatic carboxylic acids is 1. The molecular weight excluding hydrogens is 294 g/mol. The van der Waals surface area contributed by atoms with E-state index in [0.29, 0.717) is 12.8 Å². The number of carboxylic acid groups (broad SMARTS) is 1. The molecule has 0 saturated carbocycles. The van der Waals surface area contributed by atoms with Gasteiger partial charge in [0.05, 0.1) is 0 Å². The van der Waals surface area contributed by atoms with Gasteiger partial charge in [0.2, 0.25) is 0 Å². The molecule has 0 radical (unpaired) electrons. The van der Waals surface area contributed by atoms with Crippen LogP contribution in [0.4, 0.5) is 4.79 Å². The van der Waals surface area contributed by atoms with Gasteiger partial charge in [-0.25, -0.2) is 9.59 Å². The molecule has 0 aliphatic rings. The van der Waals surface area contributed by atoms with Crippen LogP contribution < -0.4 is 5.32 Å². The first-order chi connectivity index (χ1) is 10.8. The first-order valence-electron chi connectivity index (χ1n) is 8.03. The molecule has 2 atom stereocenters. The summed E-state index contributed by atoms with van der Waals surface area (Å²) in [6, 6.07) is 8.86. The second-order valence-electron chi connectivity index (χ2n) is 6.54. The number of carboxylic acids is 1. The summed E-state index contributed by atoms with van der Waals surface area (Å²) >= 11 is 0. The fourth-order valence-electron chi connectivity index (χ4n) is 2.27. The maximum Gasteiger partial charge on any atom is 0.408 e. The Morgan fingerprint density at radius 1 is 1.13 bits per heavy atom. The van der Waals surface area contributed by atoms with Gasteiger partial charge in [0.25, 0.3) is 0 Å². The van der Waals surface area contributed by atoms with Gasteiger partial charge in [0.1, 0.15) is 12.1 Å². The van der Waals surface area contributed by atoms with E-state index in [9.17, 15) is 14.7 Å². The zero-order chi connectivity index (χ0) is 17.4. The largest absolute Gasteiger partial charge is 0.480 e. The number of nitrogens with one attached hydrogen (secondary N) is 1. The topological polar surface area (TPSA) is 75.6 Å². The minimum Gasteiger partial charge on any atom is -0.480 e. The van der Waals surface area contributed by atoms with Crippen molar-refractivity contribution in [2.45, 2.75) is 52.7 Å². The number of hydrogen-bond acceptors (Lipinski definition) is 3. The number of amides is 1. The number of hydrogen-bond donors (Lipinski definition) is 2. The van der Waals surface area contributed by atoms with Crippen LogP contribution in [0.2, 0.25) is 0 Å². The van der Waals surface area contributed by atoms with E-state index in [2.05, 4.69) is 5.32 Å². The molecule has 1 amide bonds. The van der Waals surface area contributed by atoms with Crippen LogP contribution in [0.3, 0.4) is 0 Å². The lowest BCUT2D eigenvalue weighted by atomic mass is 9.99. The molecule has 5 nitrogen and oxygen atoms in total. The van der Waals surface area contributed by atoms with Crippen LogP contribution in [0.1, 0.15) is 39.7 Å². The Hall–Kier alpha value is -2.04. The molecular formula is C18H27NO4. The molecule has 23 heavy (non-hydrogen) atoms. The van der Waals surface area contributed by atoms with E-state index in [1.54, 1.807) is 0 Å². The van der Waals surface area contributed by atoms with Gasteiger partial charge in [0, 0.05) is 6.42 Å². The average molecular weight is 321 g/mol. The van der Waals surface area contributed by atoms with Crippen molar-refractivity contribution in [1.29, 1.82) is 0 Å². The Morgan fingerprint density at radius 3 is 2.22 bits per heavy atom. The van der Waals surface area contributed by atoms with Gasteiger partial charge in [-0.2, -0.15) is 0 Å². The van der Waals surface area contributed by atoms with E-state index >= 15 is 0 Å². The third-order valence-electron chi connectivity index (χ3n) is 3.58. The van der Waals surface area contributed by atoms with Crippen LogP contribution in [0.5, 0.6) is 0 Å². The third kappa shape index (κ3) is 7.17. The summed E-state index contributed by atoms with van der Waals surface area (Å²) in [5.74, 6) is -0.740. The van der Waals surface area contributed by atoms with Crippen LogP contribution in [0.25, 0.3) is 0 Å². The number of alkyl carbamates (subject to hydrolysis) is 1. The predicted molar refractivity (Wildman–Crippen MR) is 89.3 cm³/mol. The summed E-state index contributed by atoms with van der Waals surface area (Å²) in [5, 5.41) is 11.6. The predicted octanol–water partition coefficient (Wildman–Crippen LogP) is 3.48. The number of benzene rings is 1. The number of carbonyl (C=O) groups is 2. The molecule has 1 rings (SSSR count). The molecule has 128 valence electrons. The fraction of sp³-hybridized carbons (Fsp3) is 0.556. The molecule has 1 aromatic rings. The smallest absolute Gasteiger partial charge is 0.408 e. The molecule has 1 aromatic carbocycles. The SMILES string of the molecule is CC(C)C[C@H](NC(=O)OC(Cc1ccccc1)C(C)C)C(=O)O. The lowest BCUT2D eigenvalue weighted by Gasteiger charge is -2.23. The highest BCUT2D eigenvalue weighted by Crippen LogP contribution is 2.14. The average Bonchev–Trinajstić information content (AvgIpc) is 2.46. The van der Waals surface area contributed by atoms with E-state index in [-0.39, 0.29) is 17.9 Å². The molecule has 0 saturated heterocycles. The molecule has 0 fully saturated rings. The Bertz CT molecular complexity index is 499. The lowest BCUT2D eigenvalue weighted by Crippen LogP contribution is -2.43. The van der Waals surface area contributed by atoms with Gasteiger partial charge in [0.15, 0.2) is 0 Å². The molecule has 1 unspecified atom stereocenters. The lowest BCUT2D eigenvalue weighted by molar-refractivity contribution is -0.139.